The zero-order chi connectivity index (χ0) is 21.5. The lowest BCUT2D eigenvalue weighted by molar-refractivity contribution is 0.634. The molecule has 0 spiro atoms. The Balaban J connectivity index is 1.35. The van der Waals surface area contributed by atoms with Crippen LogP contribution < -0.4 is 4.90 Å². The van der Waals surface area contributed by atoms with Gasteiger partial charge >= 0.3 is 0 Å². The second-order valence-electron chi connectivity index (χ2n) is 7.59. The van der Waals surface area contributed by atoms with Crippen molar-refractivity contribution in [3.8, 4) is 12.1 Å². The summed E-state index contributed by atoms with van der Waals surface area (Å²) in [7, 11) is 0. The van der Waals surface area contributed by atoms with Gasteiger partial charge in [-0.2, -0.15) is 10.5 Å². The van der Waals surface area contributed by atoms with Gasteiger partial charge in [-0.3, -0.25) is 0 Å². The minimum absolute atomic E-state index is 0.0442. The highest BCUT2D eigenvalue weighted by molar-refractivity contribution is 5.68. The van der Waals surface area contributed by atoms with Crippen molar-refractivity contribution in [3.05, 3.63) is 88.6 Å². The van der Waals surface area contributed by atoms with Crippen LogP contribution in [0.3, 0.4) is 0 Å². The SMILES string of the molecule is N#Cc1ncc(/C=C/C=C/C=C/C=C/c2cc3c4c(c2)CCCN4CCC3)nc1C#N. The van der Waals surface area contributed by atoms with Crippen LogP contribution in [0.15, 0.2) is 54.8 Å². The molecule has 0 saturated carbocycles. The quantitative estimate of drug-likeness (QED) is 0.671. The number of aryl methyl sites for hydroxylation is 2. The van der Waals surface area contributed by atoms with Crippen LogP contribution in [0.2, 0.25) is 0 Å². The monoisotopic (exact) mass is 405 g/mol. The fourth-order valence-electron chi connectivity index (χ4n) is 4.15. The Hall–Kier alpha value is -3.96. The van der Waals surface area contributed by atoms with E-state index in [1.165, 1.54) is 67.3 Å². The van der Waals surface area contributed by atoms with Gasteiger partial charge in [-0.1, -0.05) is 42.5 Å². The number of anilines is 1. The lowest BCUT2D eigenvalue weighted by atomic mass is 9.90. The smallest absolute Gasteiger partial charge is 0.177 e. The predicted molar refractivity (Wildman–Crippen MR) is 123 cm³/mol. The average Bonchev–Trinajstić information content (AvgIpc) is 2.81. The van der Waals surface area contributed by atoms with E-state index < -0.39 is 0 Å². The number of hydrogen-bond acceptors (Lipinski definition) is 5. The summed E-state index contributed by atoms with van der Waals surface area (Å²) in [4.78, 5) is 10.6. The van der Waals surface area contributed by atoms with E-state index in [0.717, 1.165) is 0 Å². The highest BCUT2D eigenvalue weighted by atomic mass is 15.1. The second-order valence-corrected chi connectivity index (χ2v) is 7.59. The number of benzene rings is 1. The van der Waals surface area contributed by atoms with Crippen molar-refractivity contribution in [2.24, 2.45) is 0 Å². The third-order valence-corrected chi connectivity index (χ3v) is 5.47. The maximum Gasteiger partial charge on any atom is 0.177 e. The molecule has 5 heteroatoms. The van der Waals surface area contributed by atoms with Crippen molar-refractivity contribution >= 4 is 17.8 Å². The molecule has 3 heterocycles. The number of allylic oxidation sites excluding steroid dienone is 6. The van der Waals surface area contributed by atoms with Gasteiger partial charge in [0.05, 0.1) is 11.9 Å². The van der Waals surface area contributed by atoms with Crippen molar-refractivity contribution in [3.63, 3.8) is 0 Å². The molecule has 2 aromatic rings. The fraction of sp³-hybridized carbons (Fsp3) is 0.231. The zero-order valence-electron chi connectivity index (χ0n) is 17.3. The summed E-state index contributed by atoms with van der Waals surface area (Å²) in [5.74, 6) is 0. The molecule has 5 nitrogen and oxygen atoms in total. The van der Waals surface area contributed by atoms with Crippen LogP contribution >= 0.6 is 0 Å². The molecule has 0 aliphatic carbocycles. The molecule has 152 valence electrons. The maximum atomic E-state index is 8.99. The van der Waals surface area contributed by atoms with E-state index in [1.807, 2.05) is 42.5 Å². The Morgan fingerprint density at radius 1 is 0.806 bits per heavy atom. The zero-order valence-corrected chi connectivity index (χ0v) is 17.3. The summed E-state index contributed by atoms with van der Waals surface area (Å²) in [5.41, 5.74) is 6.42. The van der Waals surface area contributed by atoms with Crippen LogP contribution in [0.5, 0.6) is 0 Å². The van der Waals surface area contributed by atoms with Gasteiger partial charge in [0.1, 0.15) is 12.1 Å². The normalized spacial score (nSPS) is 15.6. The van der Waals surface area contributed by atoms with Gasteiger partial charge in [0.15, 0.2) is 11.4 Å². The van der Waals surface area contributed by atoms with Crippen LogP contribution in [-0.2, 0) is 12.8 Å². The molecule has 31 heavy (non-hydrogen) atoms. The fourth-order valence-corrected chi connectivity index (χ4v) is 4.15. The first-order chi connectivity index (χ1) is 15.3. The van der Waals surface area contributed by atoms with Crippen LogP contribution in [0.25, 0.3) is 12.2 Å². The van der Waals surface area contributed by atoms with Gasteiger partial charge in [-0.25, -0.2) is 9.97 Å². The Bertz CT molecular complexity index is 1140. The van der Waals surface area contributed by atoms with Gasteiger partial charge in [-0.15, -0.1) is 0 Å². The van der Waals surface area contributed by atoms with Crippen LogP contribution in [-0.4, -0.2) is 23.1 Å². The minimum atomic E-state index is 0.0442. The van der Waals surface area contributed by atoms with Gasteiger partial charge in [0, 0.05) is 18.8 Å². The van der Waals surface area contributed by atoms with Gasteiger partial charge in [-0.05, 0) is 60.6 Å². The molecule has 2 aliphatic heterocycles. The molecule has 0 radical (unpaired) electrons. The molecule has 0 N–H and O–H groups in total. The number of nitrogens with zero attached hydrogens (tertiary/aromatic N) is 5. The third-order valence-electron chi connectivity index (χ3n) is 5.47. The van der Waals surface area contributed by atoms with E-state index in [0.29, 0.717) is 5.69 Å². The average molecular weight is 406 g/mol. The van der Waals surface area contributed by atoms with Crippen molar-refractivity contribution in [2.45, 2.75) is 25.7 Å². The van der Waals surface area contributed by atoms with Gasteiger partial charge < -0.3 is 4.90 Å². The van der Waals surface area contributed by atoms with E-state index in [4.69, 9.17) is 10.5 Å². The highest BCUT2D eigenvalue weighted by Gasteiger charge is 2.23. The molecule has 0 atom stereocenters. The summed E-state index contributed by atoms with van der Waals surface area (Å²) >= 11 is 0. The first kappa shape index (κ1) is 20.3. The first-order valence-electron chi connectivity index (χ1n) is 10.5. The largest absolute Gasteiger partial charge is 0.371 e. The summed E-state index contributed by atoms with van der Waals surface area (Å²) in [6, 6.07) is 8.42. The van der Waals surface area contributed by atoms with E-state index in [1.54, 1.807) is 6.08 Å². The predicted octanol–water partition coefficient (Wildman–Crippen LogP) is 4.76. The first-order valence-corrected chi connectivity index (χ1v) is 10.5. The van der Waals surface area contributed by atoms with Crippen molar-refractivity contribution in [1.82, 2.24) is 9.97 Å². The van der Waals surface area contributed by atoms with Crippen molar-refractivity contribution < 1.29 is 0 Å². The molecule has 4 rings (SSSR count). The number of rotatable bonds is 5. The van der Waals surface area contributed by atoms with Crippen LogP contribution in [0, 0.1) is 22.7 Å². The van der Waals surface area contributed by atoms with Crippen LogP contribution in [0.4, 0.5) is 5.69 Å². The summed E-state index contributed by atoms with van der Waals surface area (Å²) < 4.78 is 0. The molecule has 0 bridgehead atoms. The molecule has 2 aliphatic rings. The molecular weight excluding hydrogens is 382 g/mol. The lowest BCUT2D eigenvalue weighted by Crippen LogP contribution is -2.34. The van der Waals surface area contributed by atoms with Crippen LogP contribution in [0.1, 0.15) is 46.6 Å². The summed E-state index contributed by atoms with van der Waals surface area (Å²) in [6.45, 7) is 2.41. The maximum absolute atomic E-state index is 8.99. The Labute approximate surface area is 183 Å². The Kier molecular flexibility index (Phi) is 6.35. The van der Waals surface area contributed by atoms with Gasteiger partial charge in [0.2, 0.25) is 0 Å². The second kappa shape index (κ2) is 9.69. The molecule has 1 aromatic heterocycles. The molecule has 0 saturated heterocycles. The topological polar surface area (TPSA) is 76.6 Å². The molecule has 0 fully saturated rings. The molecular formula is C26H23N5. The molecule has 0 unspecified atom stereocenters. The lowest BCUT2D eigenvalue weighted by Gasteiger charge is -2.37. The molecule has 1 aromatic carbocycles. The Morgan fingerprint density at radius 2 is 1.42 bits per heavy atom. The standard InChI is InChI=1S/C26H23N5/c27-17-24-25(18-28)30-23(19-29-24)12-6-4-2-1-3-5-9-20-15-21-10-7-13-31-14-8-11-22(16-20)26(21)31/h1-6,9,12,15-16,19H,7-8,10-11,13-14H2/b3-1+,4-2+,9-5+,12-6+. The van der Waals surface area contributed by atoms with E-state index >= 15 is 0 Å². The van der Waals surface area contributed by atoms with Gasteiger partial charge in [0.25, 0.3) is 0 Å². The number of hydrogen-bond donors (Lipinski definition) is 0. The van der Waals surface area contributed by atoms with Crippen molar-refractivity contribution in [2.75, 3.05) is 18.0 Å². The highest BCUT2D eigenvalue weighted by Crippen LogP contribution is 2.36. The third kappa shape index (κ3) is 4.79. The number of aromatic nitrogens is 2. The van der Waals surface area contributed by atoms with E-state index in [-0.39, 0.29) is 11.4 Å². The Morgan fingerprint density at radius 3 is 2.06 bits per heavy atom. The van der Waals surface area contributed by atoms with Crippen molar-refractivity contribution in [1.29, 1.82) is 10.5 Å². The number of nitriles is 2. The minimum Gasteiger partial charge on any atom is -0.371 e. The van der Waals surface area contributed by atoms with E-state index in [2.05, 4.69) is 39.2 Å². The summed E-state index contributed by atoms with van der Waals surface area (Å²) in [5, 5.41) is 17.9. The van der Waals surface area contributed by atoms with E-state index in [9.17, 15) is 0 Å². The summed E-state index contributed by atoms with van der Waals surface area (Å²) in [6.07, 6.45) is 22.0. The molecule has 0 amide bonds.